The van der Waals surface area contributed by atoms with E-state index in [1.54, 1.807) is 24.3 Å². The van der Waals surface area contributed by atoms with Gasteiger partial charge in [-0.15, -0.1) is 6.42 Å². The van der Waals surface area contributed by atoms with Gasteiger partial charge in [0.05, 0.1) is 0 Å². The largest absolute Gasteiger partial charge is 0.480 e. The molecule has 5 heteroatoms. The van der Waals surface area contributed by atoms with Gasteiger partial charge in [-0.3, -0.25) is 0 Å². The number of terminal acetylenes is 1. The Morgan fingerprint density at radius 2 is 1.65 bits per heavy atom. The Bertz CT molecular complexity index is 1130. The fourth-order valence-electron chi connectivity index (χ4n) is 4.01. The van der Waals surface area contributed by atoms with Gasteiger partial charge in [0.25, 0.3) is 0 Å². The summed E-state index contributed by atoms with van der Waals surface area (Å²) in [6.07, 6.45) is 4.75. The highest BCUT2D eigenvalue weighted by Gasteiger charge is 2.29. The first-order chi connectivity index (χ1) is 15.1. The third-order valence-electron chi connectivity index (χ3n) is 5.47. The van der Waals surface area contributed by atoms with Crippen LogP contribution in [0.4, 0.5) is 4.79 Å². The lowest BCUT2D eigenvalue weighted by Gasteiger charge is -2.17. The van der Waals surface area contributed by atoms with Crippen molar-refractivity contribution in [3.05, 3.63) is 95.1 Å². The van der Waals surface area contributed by atoms with Crippen molar-refractivity contribution < 1.29 is 19.4 Å². The highest BCUT2D eigenvalue weighted by Crippen LogP contribution is 2.44. The van der Waals surface area contributed by atoms with E-state index in [-0.39, 0.29) is 18.9 Å². The van der Waals surface area contributed by atoms with E-state index in [4.69, 9.17) is 11.2 Å². The van der Waals surface area contributed by atoms with Crippen molar-refractivity contribution in [2.24, 2.45) is 0 Å². The van der Waals surface area contributed by atoms with Gasteiger partial charge in [-0.05, 0) is 39.9 Å². The average molecular weight is 411 g/mol. The van der Waals surface area contributed by atoms with Crippen molar-refractivity contribution in [1.29, 1.82) is 0 Å². The van der Waals surface area contributed by atoms with E-state index < -0.39 is 18.1 Å². The molecule has 1 atom stereocenters. The number of carbonyl (C=O) groups is 2. The highest BCUT2D eigenvalue weighted by molar-refractivity contribution is 5.81. The number of amides is 1. The number of carbonyl (C=O) groups excluding carboxylic acids is 1. The summed E-state index contributed by atoms with van der Waals surface area (Å²) in [5, 5.41) is 12.0. The summed E-state index contributed by atoms with van der Waals surface area (Å²) in [6.45, 7) is 0.124. The zero-order valence-corrected chi connectivity index (χ0v) is 16.7. The van der Waals surface area contributed by atoms with Gasteiger partial charge in [0.1, 0.15) is 12.6 Å². The molecule has 0 aromatic heterocycles. The van der Waals surface area contributed by atoms with Gasteiger partial charge in [-0.25, -0.2) is 9.59 Å². The van der Waals surface area contributed by atoms with Gasteiger partial charge in [-0.1, -0.05) is 66.6 Å². The van der Waals surface area contributed by atoms with Gasteiger partial charge < -0.3 is 15.2 Å². The van der Waals surface area contributed by atoms with E-state index in [1.165, 1.54) is 0 Å². The van der Waals surface area contributed by atoms with Gasteiger partial charge in [0.15, 0.2) is 0 Å². The minimum absolute atomic E-state index is 0.0891. The normalized spacial score (nSPS) is 12.9. The minimum atomic E-state index is -1.14. The summed E-state index contributed by atoms with van der Waals surface area (Å²) in [5.41, 5.74) is 5.83. The van der Waals surface area contributed by atoms with Crippen LogP contribution in [0.3, 0.4) is 0 Å². The molecular weight excluding hydrogens is 390 g/mol. The molecule has 3 aromatic carbocycles. The van der Waals surface area contributed by atoms with E-state index in [2.05, 4.69) is 23.4 Å². The first kappa shape index (κ1) is 20.2. The first-order valence-corrected chi connectivity index (χ1v) is 9.96. The van der Waals surface area contributed by atoms with Crippen molar-refractivity contribution in [1.82, 2.24) is 5.32 Å². The standard InChI is InChI=1S/C26H21NO4/c1-2-17-8-7-9-18(14-17)15-24(25(28)29)27-26(30)31-16-23-21-12-5-3-10-19(21)20-11-4-6-13-22(20)23/h1,3-14,23-24H,15-16H2,(H,27,30)(H,28,29). The highest BCUT2D eigenvalue weighted by atomic mass is 16.5. The van der Waals surface area contributed by atoms with Crippen molar-refractivity contribution in [3.63, 3.8) is 0 Å². The number of alkyl carbamates (subject to hydrolysis) is 1. The van der Waals surface area contributed by atoms with Crippen LogP contribution in [-0.2, 0) is 16.0 Å². The molecule has 3 aromatic rings. The molecule has 0 saturated heterocycles. The van der Waals surface area contributed by atoms with Crippen LogP contribution in [0.15, 0.2) is 72.8 Å². The van der Waals surface area contributed by atoms with Crippen LogP contribution in [0.25, 0.3) is 11.1 Å². The molecule has 4 rings (SSSR count). The van der Waals surface area contributed by atoms with Gasteiger partial charge in [0.2, 0.25) is 0 Å². The Morgan fingerprint density at radius 1 is 1.00 bits per heavy atom. The SMILES string of the molecule is C#Cc1cccc(CC(NC(=O)OCC2c3ccccc3-c3ccccc32)C(=O)O)c1. The summed E-state index contributed by atoms with van der Waals surface area (Å²) in [4.78, 5) is 24.1. The number of carboxylic acid groups (broad SMARTS) is 1. The zero-order chi connectivity index (χ0) is 21.8. The number of nitrogens with one attached hydrogen (secondary N) is 1. The minimum Gasteiger partial charge on any atom is -0.480 e. The Labute approximate surface area is 180 Å². The fourth-order valence-corrected chi connectivity index (χ4v) is 4.01. The molecule has 2 N–H and O–H groups in total. The predicted molar refractivity (Wildman–Crippen MR) is 118 cm³/mol. The third-order valence-corrected chi connectivity index (χ3v) is 5.47. The molecule has 154 valence electrons. The molecule has 0 spiro atoms. The molecule has 0 aliphatic heterocycles. The monoisotopic (exact) mass is 411 g/mol. The van der Waals surface area contributed by atoms with E-state index in [9.17, 15) is 14.7 Å². The molecular formula is C26H21NO4. The second-order valence-corrected chi connectivity index (χ2v) is 7.41. The van der Waals surface area contributed by atoms with Gasteiger partial charge in [0, 0.05) is 17.9 Å². The van der Waals surface area contributed by atoms with E-state index in [0.29, 0.717) is 5.56 Å². The lowest BCUT2D eigenvalue weighted by atomic mass is 9.98. The topological polar surface area (TPSA) is 75.6 Å². The number of carboxylic acids is 1. The number of hydrogen-bond donors (Lipinski definition) is 2. The Kier molecular flexibility index (Phi) is 5.72. The first-order valence-electron chi connectivity index (χ1n) is 9.96. The number of hydrogen-bond acceptors (Lipinski definition) is 3. The molecule has 0 heterocycles. The maximum atomic E-state index is 12.4. The summed E-state index contributed by atoms with van der Waals surface area (Å²) in [7, 11) is 0. The summed E-state index contributed by atoms with van der Waals surface area (Å²) in [6, 6.07) is 22.0. The van der Waals surface area contributed by atoms with E-state index in [1.807, 2.05) is 36.4 Å². The smallest absolute Gasteiger partial charge is 0.407 e. The lowest BCUT2D eigenvalue weighted by Crippen LogP contribution is -2.42. The van der Waals surface area contributed by atoms with Crippen LogP contribution >= 0.6 is 0 Å². The van der Waals surface area contributed by atoms with Gasteiger partial charge >= 0.3 is 12.1 Å². The predicted octanol–water partition coefficient (Wildman–Crippen LogP) is 4.20. The van der Waals surface area contributed by atoms with E-state index in [0.717, 1.165) is 27.8 Å². The molecule has 0 fully saturated rings. The Morgan fingerprint density at radius 3 is 2.26 bits per heavy atom. The summed E-state index contributed by atoms with van der Waals surface area (Å²) >= 11 is 0. The fraction of sp³-hybridized carbons (Fsp3) is 0.154. The molecule has 0 saturated carbocycles. The number of rotatable bonds is 6. The third kappa shape index (κ3) is 4.29. The molecule has 31 heavy (non-hydrogen) atoms. The quantitative estimate of drug-likeness (QED) is 0.596. The molecule has 1 aliphatic rings. The van der Waals surface area contributed by atoms with Crippen molar-refractivity contribution in [3.8, 4) is 23.5 Å². The van der Waals surface area contributed by atoms with Crippen LogP contribution in [0.2, 0.25) is 0 Å². The summed E-state index contributed by atoms with van der Waals surface area (Å²) < 4.78 is 5.46. The number of fused-ring (bicyclic) bond motifs is 3. The Balaban J connectivity index is 1.43. The second kappa shape index (κ2) is 8.76. The molecule has 1 amide bonds. The lowest BCUT2D eigenvalue weighted by molar-refractivity contribution is -0.139. The Hall–Kier alpha value is -4.04. The number of aliphatic carboxylic acids is 1. The molecule has 0 bridgehead atoms. The summed E-state index contributed by atoms with van der Waals surface area (Å²) in [5.74, 6) is 1.29. The number of benzene rings is 3. The zero-order valence-electron chi connectivity index (χ0n) is 16.7. The van der Waals surface area contributed by atoms with Crippen LogP contribution in [0, 0.1) is 12.3 Å². The van der Waals surface area contributed by atoms with Crippen LogP contribution in [0.5, 0.6) is 0 Å². The van der Waals surface area contributed by atoms with Crippen molar-refractivity contribution in [2.75, 3.05) is 6.61 Å². The second-order valence-electron chi connectivity index (χ2n) is 7.41. The van der Waals surface area contributed by atoms with Crippen molar-refractivity contribution in [2.45, 2.75) is 18.4 Å². The molecule has 1 unspecified atom stereocenters. The van der Waals surface area contributed by atoms with E-state index >= 15 is 0 Å². The maximum Gasteiger partial charge on any atom is 0.407 e. The van der Waals surface area contributed by atoms with Crippen LogP contribution in [0.1, 0.15) is 28.2 Å². The molecule has 1 aliphatic carbocycles. The van der Waals surface area contributed by atoms with Gasteiger partial charge in [-0.2, -0.15) is 0 Å². The maximum absolute atomic E-state index is 12.4. The average Bonchev–Trinajstić information content (AvgIpc) is 3.11. The van der Waals surface area contributed by atoms with Crippen LogP contribution < -0.4 is 5.32 Å². The molecule has 0 radical (unpaired) electrons. The van der Waals surface area contributed by atoms with Crippen molar-refractivity contribution >= 4 is 12.1 Å². The molecule has 5 nitrogen and oxygen atoms in total. The number of ether oxygens (including phenoxy) is 1. The van der Waals surface area contributed by atoms with Crippen LogP contribution in [-0.4, -0.2) is 29.8 Å².